The molecule has 12 atom stereocenters. The van der Waals surface area contributed by atoms with Crippen LogP contribution in [0.5, 0.6) is 0 Å². The summed E-state index contributed by atoms with van der Waals surface area (Å²) < 4.78 is 47.7. The lowest BCUT2D eigenvalue weighted by Crippen LogP contribution is -2.71. The Labute approximate surface area is 253 Å². The van der Waals surface area contributed by atoms with Gasteiger partial charge in [-0.15, -0.1) is 0 Å². The molecule has 14 heteroatoms. The molecule has 0 radical (unpaired) electrons. The molecule has 0 unspecified atom stereocenters. The summed E-state index contributed by atoms with van der Waals surface area (Å²) in [7, 11) is 0. The van der Waals surface area contributed by atoms with E-state index < -0.39 is 107 Å². The zero-order chi connectivity index (χ0) is 32.7. The Bertz CT molecular complexity index is 1350. The lowest BCUT2D eigenvalue weighted by atomic mass is 9.52. The molecule has 0 bridgehead atoms. The number of carbonyl (C=O) groups is 6. The normalized spacial score (nSPS) is 44.9. The number of carbonyl (C=O) groups excluding carboxylic acids is 6. The van der Waals surface area contributed by atoms with Gasteiger partial charge in [-0.2, -0.15) is 0 Å². The SMILES string of the molecule is CC(=O)O[C@@H]1[C@@H]2O[C@]2(C)[C@@H]2[C@@H](OC(C)=O)[C@]34O[C@@]3(C)C(=O)O[C@H]4C=C(C)C[C@@H](OC(C)=O)[C@H](OC(C)=O)[C@@]2(C)[C@H]1OC(C)=O. The van der Waals surface area contributed by atoms with Crippen molar-refractivity contribution in [3.8, 4) is 0 Å². The fourth-order valence-corrected chi connectivity index (χ4v) is 8.08. The van der Waals surface area contributed by atoms with Crippen molar-refractivity contribution < 1.29 is 66.7 Å². The van der Waals surface area contributed by atoms with Crippen molar-refractivity contribution in [1.82, 2.24) is 0 Å². The van der Waals surface area contributed by atoms with E-state index in [9.17, 15) is 28.8 Å². The predicted molar refractivity (Wildman–Crippen MR) is 143 cm³/mol. The van der Waals surface area contributed by atoms with Gasteiger partial charge in [-0.3, -0.25) is 24.0 Å². The van der Waals surface area contributed by atoms with E-state index in [0.29, 0.717) is 5.57 Å². The van der Waals surface area contributed by atoms with E-state index in [1.165, 1.54) is 34.6 Å². The number of ether oxygens (including phenoxy) is 8. The second-order valence-corrected chi connectivity index (χ2v) is 12.8. The third-order valence-electron chi connectivity index (χ3n) is 9.64. The first-order valence-electron chi connectivity index (χ1n) is 14.4. The van der Waals surface area contributed by atoms with Gasteiger partial charge < -0.3 is 37.9 Å². The van der Waals surface area contributed by atoms with Crippen LogP contribution < -0.4 is 0 Å². The Morgan fingerprint density at radius 1 is 0.773 bits per heavy atom. The largest absolute Gasteiger partial charge is 0.459 e. The molecule has 3 saturated heterocycles. The predicted octanol–water partition coefficient (Wildman–Crippen LogP) is 1.24. The minimum absolute atomic E-state index is 0.00899. The number of hydrogen-bond donors (Lipinski definition) is 0. The number of rotatable bonds is 5. The molecule has 3 aliphatic heterocycles. The minimum atomic E-state index is -1.69. The maximum absolute atomic E-state index is 13.2. The summed E-state index contributed by atoms with van der Waals surface area (Å²) in [5.41, 5.74) is -5.51. The molecular formula is C30H38O14. The van der Waals surface area contributed by atoms with Gasteiger partial charge in [-0.05, 0) is 26.8 Å². The minimum Gasteiger partial charge on any atom is -0.459 e. The smallest absolute Gasteiger partial charge is 0.342 e. The molecule has 1 saturated carbocycles. The Morgan fingerprint density at radius 2 is 1.30 bits per heavy atom. The number of epoxide rings is 2. The second kappa shape index (κ2) is 10.3. The molecule has 4 fully saturated rings. The van der Waals surface area contributed by atoms with Crippen LogP contribution in [-0.4, -0.2) is 95.3 Å². The number of fused-ring (bicyclic) bond motifs is 3. The molecule has 3 heterocycles. The van der Waals surface area contributed by atoms with Crippen LogP contribution in [0.3, 0.4) is 0 Å². The van der Waals surface area contributed by atoms with Crippen LogP contribution in [0.25, 0.3) is 0 Å². The van der Waals surface area contributed by atoms with Gasteiger partial charge in [0.2, 0.25) is 0 Å². The molecule has 0 amide bonds. The van der Waals surface area contributed by atoms with Crippen LogP contribution >= 0.6 is 0 Å². The summed E-state index contributed by atoms with van der Waals surface area (Å²) >= 11 is 0. The summed E-state index contributed by atoms with van der Waals surface area (Å²) in [4.78, 5) is 76.4. The van der Waals surface area contributed by atoms with Gasteiger partial charge in [0.05, 0.1) is 5.41 Å². The fraction of sp³-hybridized carbons (Fsp3) is 0.733. The highest BCUT2D eigenvalue weighted by Gasteiger charge is 2.90. The highest BCUT2D eigenvalue weighted by atomic mass is 16.7. The van der Waals surface area contributed by atoms with E-state index in [4.69, 9.17) is 37.9 Å². The van der Waals surface area contributed by atoms with Crippen LogP contribution in [0.15, 0.2) is 11.6 Å². The van der Waals surface area contributed by atoms with Crippen molar-refractivity contribution in [1.29, 1.82) is 0 Å². The lowest BCUT2D eigenvalue weighted by Gasteiger charge is -2.56. The third kappa shape index (κ3) is 4.59. The standard InChI is InChI=1S/C30H38O14/c1-12-10-18(37-13(2)31)22(39-15(4)33)27(7)21(28(8)24(43-28)20(38-14(3)32)23(27)40-16(5)34)25(41-17(6)35)30-19(11-12)42-26(36)29(30,9)44-30/h11,18-25H,10H2,1-9H3/t18-,19+,20+,21-,22+,23+,24+,25-,27+,28-,29+,30+/m1/s1. The van der Waals surface area contributed by atoms with Crippen molar-refractivity contribution >= 4 is 35.8 Å². The van der Waals surface area contributed by atoms with Gasteiger partial charge in [0.25, 0.3) is 0 Å². The maximum Gasteiger partial charge on any atom is 0.342 e. The first-order valence-corrected chi connectivity index (χ1v) is 14.4. The number of esters is 6. The van der Waals surface area contributed by atoms with Crippen molar-refractivity contribution in [2.45, 2.75) is 128 Å². The van der Waals surface area contributed by atoms with Gasteiger partial charge in [0.15, 0.2) is 29.5 Å². The van der Waals surface area contributed by atoms with Crippen molar-refractivity contribution in [2.75, 3.05) is 0 Å². The highest BCUT2D eigenvalue weighted by Crippen LogP contribution is 2.70. The fourth-order valence-electron chi connectivity index (χ4n) is 8.08. The zero-order valence-electron chi connectivity index (χ0n) is 26.1. The molecule has 0 aromatic carbocycles. The van der Waals surface area contributed by atoms with Crippen molar-refractivity contribution in [2.24, 2.45) is 11.3 Å². The first kappa shape index (κ1) is 31.9. The molecule has 14 nitrogen and oxygen atoms in total. The quantitative estimate of drug-likeness (QED) is 0.185. The molecule has 1 spiro atoms. The average Bonchev–Trinajstić information content (AvgIpc) is 3.72. The van der Waals surface area contributed by atoms with Crippen LogP contribution in [-0.2, 0) is 66.7 Å². The van der Waals surface area contributed by atoms with Crippen molar-refractivity contribution in [3.05, 3.63) is 11.6 Å². The van der Waals surface area contributed by atoms with E-state index in [1.807, 2.05) is 0 Å². The monoisotopic (exact) mass is 622 g/mol. The van der Waals surface area contributed by atoms with Gasteiger partial charge in [0.1, 0.15) is 30.0 Å². The molecule has 0 N–H and O–H groups in total. The zero-order valence-corrected chi connectivity index (χ0v) is 26.1. The Hall–Kier alpha value is -3.52. The van der Waals surface area contributed by atoms with E-state index in [-0.39, 0.29) is 6.42 Å². The van der Waals surface area contributed by atoms with Crippen LogP contribution in [0, 0.1) is 11.3 Å². The van der Waals surface area contributed by atoms with Crippen molar-refractivity contribution in [3.63, 3.8) is 0 Å². The van der Waals surface area contributed by atoms with Gasteiger partial charge in [0, 0.05) is 47.0 Å². The highest BCUT2D eigenvalue weighted by molar-refractivity contribution is 5.89. The summed E-state index contributed by atoms with van der Waals surface area (Å²) in [5.74, 6) is -5.41. The molecule has 242 valence electrons. The lowest BCUT2D eigenvalue weighted by molar-refractivity contribution is -0.244. The Kier molecular flexibility index (Phi) is 7.44. The van der Waals surface area contributed by atoms with E-state index >= 15 is 0 Å². The average molecular weight is 623 g/mol. The molecule has 5 rings (SSSR count). The van der Waals surface area contributed by atoms with Gasteiger partial charge in [-0.1, -0.05) is 12.5 Å². The summed E-state index contributed by atoms with van der Waals surface area (Å²) in [6, 6.07) is 0. The summed E-state index contributed by atoms with van der Waals surface area (Å²) in [5, 5.41) is 0. The van der Waals surface area contributed by atoms with Crippen LogP contribution in [0.4, 0.5) is 0 Å². The Morgan fingerprint density at radius 3 is 1.82 bits per heavy atom. The van der Waals surface area contributed by atoms with E-state index in [2.05, 4.69) is 0 Å². The van der Waals surface area contributed by atoms with Crippen LogP contribution in [0.1, 0.15) is 68.7 Å². The molecule has 2 aliphatic carbocycles. The van der Waals surface area contributed by atoms with E-state index in [0.717, 1.165) is 6.92 Å². The Balaban J connectivity index is 1.86. The topological polar surface area (TPSA) is 183 Å². The molecule has 0 aromatic heterocycles. The van der Waals surface area contributed by atoms with Crippen LogP contribution in [0.2, 0.25) is 0 Å². The first-order chi connectivity index (χ1) is 20.3. The summed E-state index contributed by atoms with van der Waals surface area (Å²) in [6.07, 6.45) is -6.82. The molecule has 5 aliphatic rings. The third-order valence-corrected chi connectivity index (χ3v) is 9.64. The second-order valence-electron chi connectivity index (χ2n) is 12.8. The van der Waals surface area contributed by atoms with E-state index in [1.54, 1.807) is 26.8 Å². The summed E-state index contributed by atoms with van der Waals surface area (Å²) in [6.45, 7) is 12.4. The number of hydrogen-bond acceptors (Lipinski definition) is 14. The molecule has 0 aromatic rings. The van der Waals surface area contributed by atoms with Gasteiger partial charge in [-0.25, -0.2) is 4.79 Å². The maximum atomic E-state index is 13.2. The molecule has 44 heavy (non-hydrogen) atoms. The molecular weight excluding hydrogens is 584 g/mol. The van der Waals surface area contributed by atoms with Gasteiger partial charge >= 0.3 is 35.8 Å².